The molecule has 1 aliphatic heterocycles. The largest absolute Gasteiger partial charge is 0.507 e. The summed E-state index contributed by atoms with van der Waals surface area (Å²) >= 11 is 0. The molecule has 1 unspecified atom stereocenters. The number of ketones is 1. The van der Waals surface area contributed by atoms with E-state index in [1.165, 1.54) is 53.4 Å². The average Bonchev–Trinajstić information content (AvgIpc) is 3.01. The van der Waals surface area contributed by atoms with Crippen molar-refractivity contribution < 1.29 is 33.9 Å². The average molecular weight is 430 g/mol. The number of nitro benzene ring substituents is 1. The van der Waals surface area contributed by atoms with Crippen molar-refractivity contribution in [1.29, 1.82) is 0 Å². The van der Waals surface area contributed by atoms with E-state index < -0.39 is 34.2 Å². The Bertz CT molecular complexity index is 1020. The molecule has 1 aliphatic rings. The normalized spacial score (nSPS) is 17.9. The number of hydrogen-bond acceptors (Lipinski definition) is 7. The summed E-state index contributed by atoms with van der Waals surface area (Å²) in [6, 6.07) is 9.01. The predicted octanol–water partition coefficient (Wildman–Crippen LogP) is 2.16. The second-order valence-corrected chi connectivity index (χ2v) is 6.68. The van der Waals surface area contributed by atoms with Crippen molar-refractivity contribution in [2.45, 2.75) is 6.04 Å². The predicted molar refractivity (Wildman–Crippen MR) is 106 cm³/mol. The highest BCUT2D eigenvalue weighted by atomic mass is 19.1. The molecule has 0 spiro atoms. The van der Waals surface area contributed by atoms with Gasteiger partial charge in [0.15, 0.2) is 0 Å². The first-order valence-electron chi connectivity index (χ1n) is 9.32. The maximum absolute atomic E-state index is 13.4. The fourth-order valence-electron chi connectivity index (χ4n) is 3.33. The Balaban J connectivity index is 2.05. The van der Waals surface area contributed by atoms with Crippen LogP contribution >= 0.6 is 0 Å². The van der Waals surface area contributed by atoms with Crippen molar-refractivity contribution in [3.8, 4) is 0 Å². The van der Waals surface area contributed by atoms with Crippen LogP contribution in [-0.4, -0.2) is 58.1 Å². The summed E-state index contributed by atoms with van der Waals surface area (Å²) in [5, 5.41) is 30.5. The number of Topliss-reactive ketones (excluding diaryl/α,β-unsaturated/α-hetero) is 1. The molecule has 0 radical (unpaired) electrons. The monoisotopic (exact) mass is 430 g/mol. The van der Waals surface area contributed by atoms with Gasteiger partial charge in [-0.25, -0.2) is 4.39 Å². The zero-order valence-electron chi connectivity index (χ0n) is 16.2. The van der Waals surface area contributed by atoms with Crippen LogP contribution in [0.1, 0.15) is 17.2 Å². The maximum atomic E-state index is 13.4. The standard InChI is InChI=1S/C21H19FN2O7/c22-15-5-1-13(2-6-15)18-17(19(26)14-3-7-16(8-4-14)24(29)30)20(27)21(28)23(18)9-11-31-12-10-25/h1-8,18,25-26H,9-12H2/b19-17+. The van der Waals surface area contributed by atoms with Crippen molar-refractivity contribution in [1.82, 2.24) is 4.90 Å². The van der Waals surface area contributed by atoms with E-state index in [9.17, 15) is 29.2 Å². The Hall–Kier alpha value is -3.63. The van der Waals surface area contributed by atoms with E-state index in [1.807, 2.05) is 0 Å². The summed E-state index contributed by atoms with van der Waals surface area (Å²) in [6.45, 7) is -0.138. The van der Waals surface area contributed by atoms with E-state index in [0.717, 1.165) is 0 Å². The number of hydrogen-bond donors (Lipinski definition) is 2. The number of non-ortho nitro benzene ring substituents is 1. The van der Waals surface area contributed by atoms with Crippen LogP contribution in [-0.2, 0) is 14.3 Å². The van der Waals surface area contributed by atoms with Crippen LogP contribution in [0.25, 0.3) is 5.76 Å². The fraction of sp³-hybridized carbons (Fsp3) is 0.238. The van der Waals surface area contributed by atoms with Crippen molar-refractivity contribution in [3.63, 3.8) is 0 Å². The lowest BCUT2D eigenvalue weighted by Crippen LogP contribution is -2.33. The van der Waals surface area contributed by atoms with Gasteiger partial charge in [0.05, 0.1) is 36.4 Å². The van der Waals surface area contributed by atoms with Gasteiger partial charge in [0, 0.05) is 24.2 Å². The number of ether oxygens (including phenoxy) is 1. The van der Waals surface area contributed by atoms with Gasteiger partial charge in [-0.3, -0.25) is 19.7 Å². The number of nitrogens with zero attached hydrogens (tertiary/aromatic N) is 2. The molecule has 10 heteroatoms. The molecule has 2 aromatic rings. The number of aliphatic hydroxyl groups excluding tert-OH is 2. The summed E-state index contributed by atoms with van der Waals surface area (Å²) in [4.78, 5) is 36.9. The highest BCUT2D eigenvalue weighted by Crippen LogP contribution is 2.39. The van der Waals surface area contributed by atoms with Gasteiger partial charge in [0.1, 0.15) is 11.6 Å². The van der Waals surface area contributed by atoms with Gasteiger partial charge in [-0.15, -0.1) is 0 Å². The Morgan fingerprint density at radius 1 is 1.10 bits per heavy atom. The lowest BCUT2D eigenvalue weighted by molar-refractivity contribution is -0.384. The van der Waals surface area contributed by atoms with E-state index in [4.69, 9.17) is 9.84 Å². The Labute approximate surface area is 176 Å². The number of amides is 1. The lowest BCUT2D eigenvalue weighted by Gasteiger charge is -2.25. The van der Waals surface area contributed by atoms with Crippen LogP contribution < -0.4 is 0 Å². The third kappa shape index (κ3) is 4.60. The minimum Gasteiger partial charge on any atom is -0.507 e. The summed E-state index contributed by atoms with van der Waals surface area (Å²) in [7, 11) is 0. The second-order valence-electron chi connectivity index (χ2n) is 6.68. The summed E-state index contributed by atoms with van der Waals surface area (Å²) in [6.07, 6.45) is 0. The van der Waals surface area contributed by atoms with Gasteiger partial charge in [0.25, 0.3) is 17.4 Å². The third-order valence-electron chi connectivity index (χ3n) is 4.79. The van der Waals surface area contributed by atoms with Crippen LogP contribution in [0, 0.1) is 15.9 Å². The van der Waals surface area contributed by atoms with Gasteiger partial charge >= 0.3 is 0 Å². The Morgan fingerprint density at radius 3 is 2.32 bits per heavy atom. The quantitative estimate of drug-likeness (QED) is 0.164. The summed E-state index contributed by atoms with van der Waals surface area (Å²) < 4.78 is 18.6. The van der Waals surface area contributed by atoms with E-state index in [0.29, 0.717) is 5.56 Å². The molecule has 1 amide bonds. The number of benzene rings is 2. The zero-order valence-corrected chi connectivity index (χ0v) is 16.2. The van der Waals surface area contributed by atoms with Crippen LogP contribution in [0.4, 0.5) is 10.1 Å². The van der Waals surface area contributed by atoms with E-state index in [-0.39, 0.29) is 43.2 Å². The molecule has 3 rings (SSSR count). The second kappa shape index (κ2) is 9.45. The van der Waals surface area contributed by atoms with Gasteiger partial charge in [-0.2, -0.15) is 0 Å². The molecule has 9 nitrogen and oxygen atoms in total. The van der Waals surface area contributed by atoms with E-state index >= 15 is 0 Å². The molecule has 2 aromatic carbocycles. The molecule has 0 bridgehead atoms. The van der Waals surface area contributed by atoms with Gasteiger partial charge < -0.3 is 19.8 Å². The minimum absolute atomic E-state index is 0.0103. The van der Waals surface area contributed by atoms with Crippen LogP contribution in [0.2, 0.25) is 0 Å². The number of likely N-dealkylation sites (tertiary alicyclic amines) is 1. The number of carbonyl (C=O) groups is 2. The Kier molecular flexibility index (Phi) is 6.73. The highest BCUT2D eigenvalue weighted by Gasteiger charge is 2.45. The molecule has 0 saturated carbocycles. The molecule has 1 saturated heterocycles. The first kappa shape index (κ1) is 22.1. The van der Waals surface area contributed by atoms with Gasteiger partial charge in [-0.1, -0.05) is 12.1 Å². The molecule has 1 atom stereocenters. The molecule has 31 heavy (non-hydrogen) atoms. The van der Waals surface area contributed by atoms with Crippen molar-refractivity contribution in [2.75, 3.05) is 26.4 Å². The highest BCUT2D eigenvalue weighted by molar-refractivity contribution is 6.46. The van der Waals surface area contributed by atoms with E-state index in [1.54, 1.807) is 0 Å². The number of nitro groups is 1. The summed E-state index contributed by atoms with van der Waals surface area (Å²) in [5.74, 6) is -2.82. The van der Waals surface area contributed by atoms with Gasteiger partial charge in [0.2, 0.25) is 0 Å². The van der Waals surface area contributed by atoms with Crippen LogP contribution in [0.3, 0.4) is 0 Å². The SMILES string of the molecule is O=C1C(=O)N(CCOCCO)C(c2ccc(F)cc2)/C1=C(\O)c1ccc([N+](=O)[O-])cc1. The Morgan fingerprint density at radius 2 is 1.74 bits per heavy atom. The topological polar surface area (TPSA) is 130 Å². The third-order valence-corrected chi connectivity index (χ3v) is 4.79. The fourth-order valence-corrected chi connectivity index (χ4v) is 3.33. The van der Waals surface area contributed by atoms with Crippen molar-refractivity contribution in [2.24, 2.45) is 0 Å². The zero-order chi connectivity index (χ0) is 22.5. The molecule has 0 aromatic heterocycles. The lowest BCUT2D eigenvalue weighted by atomic mass is 9.95. The molecule has 2 N–H and O–H groups in total. The molecule has 162 valence electrons. The van der Waals surface area contributed by atoms with Crippen molar-refractivity contribution in [3.05, 3.63) is 81.2 Å². The smallest absolute Gasteiger partial charge is 0.295 e. The number of rotatable bonds is 8. The molecular weight excluding hydrogens is 411 g/mol. The number of aliphatic hydroxyl groups is 2. The maximum Gasteiger partial charge on any atom is 0.295 e. The van der Waals surface area contributed by atoms with E-state index in [2.05, 4.69) is 0 Å². The van der Waals surface area contributed by atoms with Crippen molar-refractivity contribution >= 4 is 23.1 Å². The first-order chi connectivity index (χ1) is 14.8. The van der Waals surface area contributed by atoms with Gasteiger partial charge in [-0.05, 0) is 29.8 Å². The van der Waals surface area contributed by atoms with Crippen LogP contribution in [0.5, 0.6) is 0 Å². The summed E-state index contributed by atoms with van der Waals surface area (Å²) in [5.41, 5.74) is 0.0965. The minimum atomic E-state index is -1.01. The molecule has 1 heterocycles. The molecule has 1 fully saturated rings. The molecule has 0 aliphatic carbocycles. The number of halogens is 1. The number of carbonyl (C=O) groups excluding carboxylic acids is 2. The first-order valence-corrected chi connectivity index (χ1v) is 9.32. The van der Waals surface area contributed by atoms with Crippen LogP contribution in [0.15, 0.2) is 54.1 Å². The molecular formula is C21H19FN2O7.